The Hall–Kier alpha value is -3.23. The first-order chi connectivity index (χ1) is 16.2. The van der Waals surface area contributed by atoms with Gasteiger partial charge in [-0.1, -0.05) is 35.4 Å². The highest BCUT2D eigenvalue weighted by Crippen LogP contribution is 2.31. The number of aryl methyl sites for hydroxylation is 1. The first-order valence-electron chi connectivity index (χ1n) is 10.7. The van der Waals surface area contributed by atoms with Gasteiger partial charge < -0.3 is 4.42 Å². The van der Waals surface area contributed by atoms with Crippen molar-refractivity contribution in [1.82, 2.24) is 14.9 Å². The van der Waals surface area contributed by atoms with Gasteiger partial charge in [-0.3, -0.25) is 4.90 Å². The van der Waals surface area contributed by atoms with Crippen LogP contribution in [0.2, 0.25) is 5.02 Å². The third kappa shape index (κ3) is 4.31. The van der Waals surface area contributed by atoms with E-state index in [9.17, 15) is 18.0 Å². The summed E-state index contributed by atoms with van der Waals surface area (Å²) in [4.78, 5) is 23.6. The Labute approximate surface area is 197 Å². The smallest absolute Gasteiger partial charge is 0.416 e. The van der Waals surface area contributed by atoms with Crippen LogP contribution in [0.25, 0.3) is 22.4 Å². The van der Waals surface area contributed by atoms with Gasteiger partial charge in [0.2, 0.25) is 0 Å². The minimum atomic E-state index is -4.39. The number of nitrogens with zero attached hydrogens (tertiary/aromatic N) is 3. The summed E-state index contributed by atoms with van der Waals surface area (Å²) in [7, 11) is 0. The van der Waals surface area contributed by atoms with Crippen LogP contribution in [-0.4, -0.2) is 21.4 Å². The molecule has 0 amide bonds. The number of hydrogen-bond acceptors (Lipinski definition) is 5. The molecule has 2 aromatic heterocycles. The Bertz CT molecular complexity index is 1450. The van der Waals surface area contributed by atoms with E-state index < -0.39 is 17.4 Å². The molecular formula is C25H19ClF3N3O2. The molecule has 34 heavy (non-hydrogen) atoms. The number of benzene rings is 2. The molecule has 0 bridgehead atoms. The highest BCUT2D eigenvalue weighted by molar-refractivity contribution is 6.36. The number of hydrogen-bond donors (Lipinski definition) is 0. The molecule has 5 nitrogen and oxygen atoms in total. The Balaban J connectivity index is 1.37. The fraction of sp³-hybridized carbons (Fsp3) is 0.240. The molecule has 0 saturated carbocycles. The van der Waals surface area contributed by atoms with Crippen molar-refractivity contribution in [3.05, 3.63) is 92.1 Å². The molecule has 174 valence electrons. The molecule has 2 aromatic carbocycles. The Morgan fingerprint density at radius 2 is 1.91 bits per heavy atom. The van der Waals surface area contributed by atoms with Crippen LogP contribution in [0.1, 0.15) is 27.9 Å². The maximum absolute atomic E-state index is 12.8. The maximum atomic E-state index is 12.8. The van der Waals surface area contributed by atoms with Crippen LogP contribution in [0.5, 0.6) is 0 Å². The predicted molar refractivity (Wildman–Crippen MR) is 123 cm³/mol. The van der Waals surface area contributed by atoms with Crippen molar-refractivity contribution < 1.29 is 17.6 Å². The van der Waals surface area contributed by atoms with Crippen molar-refractivity contribution in [2.24, 2.45) is 0 Å². The molecule has 0 unspecified atom stereocenters. The summed E-state index contributed by atoms with van der Waals surface area (Å²) >= 11 is 6.58. The first-order valence-corrected chi connectivity index (χ1v) is 11.0. The molecule has 4 aromatic rings. The Morgan fingerprint density at radius 1 is 1.15 bits per heavy atom. The zero-order valence-electron chi connectivity index (χ0n) is 18.1. The van der Waals surface area contributed by atoms with Crippen LogP contribution in [0, 0.1) is 6.92 Å². The summed E-state index contributed by atoms with van der Waals surface area (Å²) < 4.78 is 43.9. The normalized spacial score (nSPS) is 14.4. The van der Waals surface area contributed by atoms with Gasteiger partial charge in [0.15, 0.2) is 5.82 Å². The zero-order valence-corrected chi connectivity index (χ0v) is 18.9. The average Bonchev–Trinajstić information content (AvgIpc) is 2.81. The van der Waals surface area contributed by atoms with Gasteiger partial charge in [-0.05, 0) is 31.2 Å². The number of aromatic nitrogens is 2. The Kier molecular flexibility index (Phi) is 5.65. The van der Waals surface area contributed by atoms with Crippen molar-refractivity contribution in [1.29, 1.82) is 0 Å². The van der Waals surface area contributed by atoms with Gasteiger partial charge in [-0.15, -0.1) is 0 Å². The van der Waals surface area contributed by atoms with E-state index in [2.05, 4.69) is 14.9 Å². The first kappa shape index (κ1) is 22.6. The lowest BCUT2D eigenvalue weighted by molar-refractivity contribution is -0.137. The number of rotatable bonds is 3. The molecule has 0 saturated heterocycles. The second-order valence-electron chi connectivity index (χ2n) is 8.38. The third-order valence-electron chi connectivity index (χ3n) is 5.95. The highest BCUT2D eigenvalue weighted by atomic mass is 35.5. The van der Waals surface area contributed by atoms with E-state index in [1.807, 2.05) is 19.1 Å². The molecule has 0 radical (unpaired) electrons. The molecular weight excluding hydrogens is 467 g/mol. The van der Waals surface area contributed by atoms with Crippen LogP contribution in [0.15, 0.2) is 57.9 Å². The van der Waals surface area contributed by atoms with E-state index in [-0.39, 0.29) is 0 Å². The standard InChI is InChI=1S/C25H19ClF3N3O2/c1-14-2-7-21-18(10-14)22(26)19(24(33)34-21)13-32-9-8-20-16(12-32)11-30-23(31-20)15-3-5-17(6-4-15)25(27,28)29/h2-7,10-11H,8-9,12-13H2,1H3. The summed E-state index contributed by atoms with van der Waals surface area (Å²) in [6.07, 6.45) is -2.08. The van der Waals surface area contributed by atoms with E-state index in [0.29, 0.717) is 59.0 Å². The van der Waals surface area contributed by atoms with E-state index in [1.165, 1.54) is 12.1 Å². The molecule has 5 rings (SSSR count). The van der Waals surface area contributed by atoms with Crippen LogP contribution < -0.4 is 5.63 Å². The largest absolute Gasteiger partial charge is 0.422 e. The summed E-state index contributed by atoms with van der Waals surface area (Å²) in [6, 6.07) is 10.3. The number of alkyl halides is 3. The minimum absolute atomic E-state index is 0.325. The lowest BCUT2D eigenvalue weighted by atomic mass is 10.0. The molecule has 0 fully saturated rings. The van der Waals surface area contributed by atoms with Crippen molar-refractivity contribution in [2.45, 2.75) is 32.6 Å². The molecule has 9 heteroatoms. The lowest BCUT2D eigenvalue weighted by Crippen LogP contribution is -2.32. The molecule has 0 atom stereocenters. The maximum Gasteiger partial charge on any atom is 0.416 e. The van der Waals surface area contributed by atoms with Gasteiger partial charge >= 0.3 is 11.8 Å². The zero-order chi connectivity index (χ0) is 24.0. The summed E-state index contributed by atoms with van der Waals surface area (Å²) in [5, 5.41) is 1.10. The number of fused-ring (bicyclic) bond motifs is 2. The van der Waals surface area contributed by atoms with Crippen LogP contribution in [0.3, 0.4) is 0 Å². The SMILES string of the molecule is Cc1ccc2oc(=O)c(CN3CCc4nc(-c5ccc(C(F)(F)F)cc5)ncc4C3)c(Cl)c2c1. The quantitative estimate of drug-likeness (QED) is 0.344. The van der Waals surface area contributed by atoms with Gasteiger partial charge in [0.25, 0.3) is 0 Å². The van der Waals surface area contributed by atoms with Crippen LogP contribution in [-0.2, 0) is 25.7 Å². The van der Waals surface area contributed by atoms with E-state index in [1.54, 1.807) is 12.3 Å². The van der Waals surface area contributed by atoms with E-state index in [0.717, 1.165) is 29.0 Å². The van der Waals surface area contributed by atoms with Gasteiger partial charge in [-0.2, -0.15) is 13.2 Å². The van der Waals surface area contributed by atoms with Crippen molar-refractivity contribution in [2.75, 3.05) is 6.54 Å². The molecule has 0 aliphatic carbocycles. The molecule has 3 heterocycles. The van der Waals surface area contributed by atoms with E-state index in [4.69, 9.17) is 16.0 Å². The molecule has 0 spiro atoms. The van der Waals surface area contributed by atoms with Gasteiger partial charge in [0.1, 0.15) is 5.58 Å². The molecule has 1 aliphatic rings. The molecule has 1 aliphatic heterocycles. The third-order valence-corrected chi connectivity index (χ3v) is 6.38. The highest BCUT2D eigenvalue weighted by Gasteiger charge is 2.30. The monoisotopic (exact) mass is 485 g/mol. The topological polar surface area (TPSA) is 59.2 Å². The second kappa shape index (κ2) is 8.52. The average molecular weight is 486 g/mol. The van der Waals surface area contributed by atoms with Crippen molar-refractivity contribution in [3.8, 4) is 11.4 Å². The van der Waals surface area contributed by atoms with Crippen molar-refractivity contribution >= 4 is 22.6 Å². The predicted octanol–water partition coefficient (Wildman–Crippen LogP) is 5.79. The fourth-order valence-corrected chi connectivity index (χ4v) is 4.42. The van der Waals surface area contributed by atoms with Gasteiger partial charge in [-0.25, -0.2) is 14.8 Å². The Morgan fingerprint density at radius 3 is 2.65 bits per heavy atom. The lowest BCUT2D eigenvalue weighted by Gasteiger charge is -2.28. The summed E-state index contributed by atoms with van der Waals surface area (Å²) in [6.45, 7) is 3.43. The van der Waals surface area contributed by atoms with E-state index >= 15 is 0 Å². The second-order valence-corrected chi connectivity index (χ2v) is 8.76. The van der Waals surface area contributed by atoms with Gasteiger partial charge in [0, 0.05) is 48.8 Å². The van der Waals surface area contributed by atoms with Crippen LogP contribution >= 0.6 is 11.6 Å². The van der Waals surface area contributed by atoms with Gasteiger partial charge in [0.05, 0.1) is 21.8 Å². The minimum Gasteiger partial charge on any atom is -0.422 e. The summed E-state index contributed by atoms with van der Waals surface area (Å²) in [5.74, 6) is 0.384. The molecule has 0 N–H and O–H groups in total. The summed E-state index contributed by atoms with van der Waals surface area (Å²) in [5.41, 5.74) is 2.98. The van der Waals surface area contributed by atoms with Crippen molar-refractivity contribution in [3.63, 3.8) is 0 Å². The number of halogens is 4. The fourth-order valence-electron chi connectivity index (χ4n) is 4.13. The van der Waals surface area contributed by atoms with Crippen LogP contribution in [0.4, 0.5) is 13.2 Å².